The van der Waals surface area contributed by atoms with Gasteiger partial charge in [-0.25, -0.2) is 13.8 Å². The molecular formula is C14H11F2N3O. The van der Waals surface area contributed by atoms with Crippen LogP contribution in [0.2, 0.25) is 0 Å². The molecule has 4 nitrogen and oxygen atoms in total. The lowest BCUT2D eigenvalue weighted by molar-refractivity contribution is 0.415. The van der Waals surface area contributed by atoms with Crippen molar-refractivity contribution in [2.24, 2.45) is 0 Å². The van der Waals surface area contributed by atoms with Crippen LogP contribution in [0.25, 0.3) is 22.4 Å². The quantitative estimate of drug-likeness (QED) is 0.706. The van der Waals surface area contributed by atoms with E-state index in [0.717, 1.165) is 6.07 Å². The highest BCUT2D eigenvalue weighted by Crippen LogP contribution is 2.29. The van der Waals surface area contributed by atoms with Crippen LogP contribution in [-0.2, 0) is 0 Å². The van der Waals surface area contributed by atoms with E-state index in [1.165, 1.54) is 13.2 Å². The third kappa shape index (κ3) is 1.95. The van der Waals surface area contributed by atoms with Gasteiger partial charge in [0.1, 0.15) is 22.9 Å². The second-order valence-electron chi connectivity index (χ2n) is 4.32. The summed E-state index contributed by atoms with van der Waals surface area (Å²) in [6.45, 7) is 0. The number of nitrogens with zero attached hydrogens (tertiary/aromatic N) is 1. The molecule has 1 heterocycles. The summed E-state index contributed by atoms with van der Waals surface area (Å²) in [7, 11) is 1.54. The van der Waals surface area contributed by atoms with Crippen molar-refractivity contribution in [3.8, 4) is 17.1 Å². The second-order valence-corrected chi connectivity index (χ2v) is 4.32. The molecule has 0 amide bonds. The van der Waals surface area contributed by atoms with Crippen LogP contribution >= 0.6 is 0 Å². The number of anilines is 1. The van der Waals surface area contributed by atoms with Gasteiger partial charge in [-0.15, -0.1) is 0 Å². The van der Waals surface area contributed by atoms with Crippen LogP contribution in [-0.4, -0.2) is 17.1 Å². The molecule has 0 aliphatic rings. The summed E-state index contributed by atoms with van der Waals surface area (Å²) in [4.78, 5) is 6.98. The van der Waals surface area contributed by atoms with E-state index in [2.05, 4.69) is 9.97 Å². The first-order valence-electron chi connectivity index (χ1n) is 5.87. The minimum Gasteiger partial charge on any atom is -0.497 e. The zero-order valence-electron chi connectivity index (χ0n) is 10.6. The van der Waals surface area contributed by atoms with Gasteiger partial charge in [0.05, 0.1) is 12.6 Å². The predicted molar refractivity (Wildman–Crippen MR) is 72.4 cm³/mol. The average Bonchev–Trinajstić information content (AvgIpc) is 2.82. The molecule has 1 aromatic heterocycles. The first-order chi connectivity index (χ1) is 9.58. The molecule has 2 aromatic carbocycles. The number of halogens is 2. The predicted octanol–water partition coefficient (Wildman–Crippen LogP) is 3.10. The number of H-pyrrole nitrogens is 1. The van der Waals surface area contributed by atoms with Gasteiger partial charge in [0, 0.05) is 23.4 Å². The fraction of sp³-hybridized carbons (Fsp3) is 0.0714. The summed E-state index contributed by atoms with van der Waals surface area (Å²) in [5.74, 6) is -0.383. The minimum absolute atomic E-state index is 0.0802. The molecule has 0 unspecified atom stereocenters. The molecule has 0 bridgehead atoms. The van der Waals surface area contributed by atoms with E-state index in [-0.39, 0.29) is 11.0 Å². The maximum absolute atomic E-state index is 13.6. The summed E-state index contributed by atoms with van der Waals surface area (Å²) in [6.07, 6.45) is 0. The van der Waals surface area contributed by atoms with E-state index < -0.39 is 11.6 Å². The number of benzene rings is 2. The lowest BCUT2D eigenvalue weighted by Gasteiger charge is -2.05. The van der Waals surface area contributed by atoms with Crippen LogP contribution in [0, 0.1) is 11.6 Å². The number of methoxy groups -OCH3 is 1. The largest absolute Gasteiger partial charge is 0.497 e. The van der Waals surface area contributed by atoms with Crippen molar-refractivity contribution in [2.45, 2.75) is 0 Å². The van der Waals surface area contributed by atoms with Crippen molar-refractivity contribution < 1.29 is 13.5 Å². The zero-order chi connectivity index (χ0) is 14.3. The third-order valence-electron chi connectivity index (χ3n) is 3.02. The molecule has 0 saturated heterocycles. The number of aromatic nitrogens is 2. The van der Waals surface area contributed by atoms with Crippen molar-refractivity contribution in [2.75, 3.05) is 12.8 Å². The average molecular weight is 275 g/mol. The van der Waals surface area contributed by atoms with Gasteiger partial charge >= 0.3 is 0 Å². The molecular weight excluding hydrogens is 264 g/mol. The van der Waals surface area contributed by atoms with E-state index in [9.17, 15) is 8.78 Å². The van der Waals surface area contributed by atoms with E-state index in [4.69, 9.17) is 10.5 Å². The fourth-order valence-corrected chi connectivity index (χ4v) is 2.05. The van der Waals surface area contributed by atoms with E-state index in [1.54, 1.807) is 18.2 Å². The van der Waals surface area contributed by atoms with E-state index >= 15 is 0 Å². The highest BCUT2D eigenvalue weighted by atomic mass is 19.1. The Hall–Kier alpha value is -2.63. The molecule has 0 aliphatic carbocycles. The molecule has 0 atom stereocenters. The first-order valence-corrected chi connectivity index (χ1v) is 5.87. The molecule has 3 rings (SSSR count). The molecule has 6 heteroatoms. The molecule has 0 spiro atoms. The van der Waals surface area contributed by atoms with Crippen LogP contribution in [0.4, 0.5) is 14.5 Å². The third-order valence-corrected chi connectivity index (χ3v) is 3.02. The summed E-state index contributed by atoms with van der Waals surface area (Å²) < 4.78 is 31.8. The highest BCUT2D eigenvalue weighted by molar-refractivity contribution is 5.83. The van der Waals surface area contributed by atoms with Gasteiger partial charge in [-0.05, 0) is 18.2 Å². The van der Waals surface area contributed by atoms with Gasteiger partial charge in [0.2, 0.25) is 0 Å². The number of nitrogen functional groups attached to an aromatic ring is 1. The van der Waals surface area contributed by atoms with Crippen LogP contribution in [0.1, 0.15) is 0 Å². The van der Waals surface area contributed by atoms with Crippen molar-refractivity contribution in [3.63, 3.8) is 0 Å². The first kappa shape index (κ1) is 12.4. The monoisotopic (exact) mass is 275 g/mol. The van der Waals surface area contributed by atoms with Gasteiger partial charge in [0.15, 0.2) is 5.82 Å². The van der Waals surface area contributed by atoms with Gasteiger partial charge in [0.25, 0.3) is 0 Å². The normalized spacial score (nSPS) is 10.9. The summed E-state index contributed by atoms with van der Waals surface area (Å²) in [6, 6.07) is 7.05. The fourth-order valence-electron chi connectivity index (χ4n) is 2.05. The second kappa shape index (κ2) is 4.48. The van der Waals surface area contributed by atoms with Crippen LogP contribution in [0.5, 0.6) is 5.75 Å². The number of imidazole rings is 1. The standard InChI is InChI=1S/C14H11F2N3O/c1-20-8-2-3-9(11(17)6-8)14-18-12-5-7(15)4-10(16)13(12)19-14/h2-6H,17H2,1H3,(H,18,19). The van der Waals surface area contributed by atoms with E-state index in [1.807, 2.05) is 0 Å². The van der Waals surface area contributed by atoms with Crippen LogP contribution in [0.3, 0.4) is 0 Å². The summed E-state index contributed by atoms with van der Waals surface area (Å²) in [5.41, 5.74) is 7.31. The number of ether oxygens (including phenoxy) is 1. The van der Waals surface area contributed by atoms with Crippen molar-refractivity contribution >= 4 is 16.7 Å². The maximum atomic E-state index is 13.6. The molecule has 0 radical (unpaired) electrons. The smallest absolute Gasteiger partial charge is 0.153 e. The molecule has 0 saturated carbocycles. The van der Waals surface area contributed by atoms with Crippen LogP contribution in [0.15, 0.2) is 30.3 Å². The summed E-state index contributed by atoms with van der Waals surface area (Å²) >= 11 is 0. The SMILES string of the molecule is COc1ccc(-c2nc3c(F)cc(F)cc3[nH]2)c(N)c1. The number of fused-ring (bicyclic) bond motifs is 1. The van der Waals surface area contributed by atoms with E-state index in [0.29, 0.717) is 22.8 Å². The Morgan fingerprint density at radius 3 is 2.70 bits per heavy atom. The summed E-state index contributed by atoms with van der Waals surface area (Å²) in [5, 5.41) is 0. The molecule has 102 valence electrons. The number of hydrogen-bond donors (Lipinski definition) is 2. The molecule has 3 N–H and O–H groups in total. The molecule has 0 fully saturated rings. The minimum atomic E-state index is -0.713. The number of nitrogens with two attached hydrogens (primary N) is 1. The zero-order valence-corrected chi connectivity index (χ0v) is 10.6. The van der Waals surface area contributed by atoms with Gasteiger partial charge in [-0.1, -0.05) is 0 Å². The van der Waals surface area contributed by atoms with Crippen molar-refractivity contribution in [1.29, 1.82) is 0 Å². The maximum Gasteiger partial charge on any atom is 0.153 e. The Kier molecular flexibility index (Phi) is 2.78. The molecule has 3 aromatic rings. The topological polar surface area (TPSA) is 63.9 Å². The lowest BCUT2D eigenvalue weighted by atomic mass is 10.1. The van der Waals surface area contributed by atoms with Crippen molar-refractivity contribution in [1.82, 2.24) is 9.97 Å². The Bertz CT molecular complexity index is 798. The molecule has 0 aliphatic heterocycles. The van der Waals surface area contributed by atoms with Gasteiger partial charge < -0.3 is 15.5 Å². The number of aromatic amines is 1. The Labute approximate surface area is 113 Å². The lowest BCUT2D eigenvalue weighted by Crippen LogP contribution is -1.93. The Balaban J connectivity index is 2.17. The van der Waals surface area contributed by atoms with Crippen molar-refractivity contribution in [3.05, 3.63) is 42.0 Å². The number of nitrogens with one attached hydrogen (secondary N) is 1. The highest BCUT2D eigenvalue weighted by Gasteiger charge is 2.13. The van der Waals surface area contributed by atoms with Crippen LogP contribution < -0.4 is 10.5 Å². The number of hydrogen-bond acceptors (Lipinski definition) is 3. The number of rotatable bonds is 2. The molecule has 20 heavy (non-hydrogen) atoms. The Morgan fingerprint density at radius 2 is 2.00 bits per heavy atom. The van der Waals surface area contributed by atoms with Gasteiger partial charge in [-0.2, -0.15) is 0 Å². The van der Waals surface area contributed by atoms with Gasteiger partial charge in [-0.3, -0.25) is 0 Å². The Morgan fingerprint density at radius 1 is 1.20 bits per heavy atom.